The Labute approximate surface area is 53.7 Å². The molecule has 0 radical (unpaired) electrons. The highest BCUT2D eigenvalue weighted by atomic mass is 35.5. The minimum Gasteiger partial charge on any atom is -1.00 e. The van der Waals surface area contributed by atoms with E-state index in [1.807, 2.05) is 0 Å². The highest BCUT2D eigenvalue weighted by Crippen LogP contribution is 1.67. The van der Waals surface area contributed by atoms with Gasteiger partial charge in [-0.05, 0) is 0 Å². The van der Waals surface area contributed by atoms with Crippen molar-refractivity contribution in [1.82, 2.24) is 0 Å². The Balaban J connectivity index is 0. The van der Waals surface area contributed by atoms with Gasteiger partial charge in [0.1, 0.15) is 0 Å². The van der Waals surface area contributed by atoms with Gasteiger partial charge in [-0.15, -0.1) is 0 Å². The van der Waals surface area contributed by atoms with E-state index in [0.717, 1.165) is 0 Å². The summed E-state index contributed by atoms with van der Waals surface area (Å²) in [5.74, 6) is -0.185. The van der Waals surface area contributed by atoms with Crippen LogP contribution in [0, 0.1) is 0 Å². The van der Waals surface area contributed by atoms with Crippen LogP contribution in [0.5, 0.6) is 0 Å². The summed E-state index contributed by atoms with van der Waals surface area (Å²) in [4.78, 5) is 19.7. The van der Waals surface area contributed by atoms with Crippen molar-refractivity contribution in [2.45, 2.75) is 13.0 Å². The van der Waals surface area contributed by atoms with Gasteiger partial charge in [0.05, 0.1) is 0 Å². The van der Waals surface area contributed by atoms with Crippen LogP contribution in [-0.2, 0) is 9.59 Å². The molecule has 0 amide bonds. The first-order valence-corrected chi connectivity index (χ1v) is 1.97. The predicted molar refractivity (Wildman–Crippen MR) is 23.4 cm³/mol. The van der Waals surface area contributed by atoms with Crippen LogP contribution in [0.15, 0.2) is 0 Å². The van der Waals surface area contributed by atoms with E-state index in [1.165, 1.54) is 6.92 Å². The SMILES string of the molecule is CC(=O)C([NH3+])C=O.[Cl-]. The van der Waals surface area contributed by atoms with Crippen LogP contribution in [0.3, 0.4) is 0 Å². The second kappa shape index (κ2) is 4.74. The molecule has 0 aliphatic carbocycles. The van der Waals surface area contributed by atoms with E-state index in [1.54, 1.807) is 0 Å². The summed E-state index contributed by atoms with van der Waals surface area (Å²) >= 11 is 0. The summed E-state index contributed by atoms with van der Waals surface area (Å²) in [6.45, 7) is 1.34. The average Bonchev–Trinajstić information content (AvgIpc) is 1.65. The first kappa shape index (κ1) is 10.5. The van der Waals surface area contributed by atoms with Gasteiger partial charge in [-0.25, -0.2) is 0 Å². The average molecular weight is 138 g/mol. The lowest BCUT2D eigenvalue weighted by Crippen LogP contribution is -3.00. The number of hydrogen-bond donors (Lipinski definition) is 1. The summed E-state index contributed by atoms with van der Waals surface area (Å²) in [5.41, 5.74) is 3.24. The van der Waals surface area contributed by atoms with Crippen molar-refractivity contribution < 1.29 is 27.7 Å². The van der Waals surface area contributed by atoms with Gasteiger partial charge < -0.3 is 18.1 Å². The zero-order chi connectivity index (χ0) is 5.86. The fraction of sp³-hybridized carbons (Fsp3) is 0.500. The highest BCUT2D eigenvalue weighted by molar-refractivity contribution is 5.93. The maximum absolute atomic E-state index is 10.1. The fourth-order valence-electron chi connectivity index (χ4n) is 0.0958. The summed E-state index contributed by atoms with van der Waals surface area (Å²) in [6, 6.07) is -0.667. The molecular formula is C4H8ClNO2. The molecule has 0 spiro atoms. The largest absolute Gasteiger partial charge is 1.00 e. The molecule has 48 valence electrons. The van der Waals surface area contributed by atoms with Crippen molar-refractivity contribution in [3.8, 4) is 0 Å². The molecule has 0 saturated carbocycles. The first-order valence-electron chi connectivity index (χ1n) is 1.97. The third kappa shape index (κ3) is 3.77. The number of ketones is 1. The molecule has 1 atom stereocenters. The zero-order valence-electron chi connectivity index (χ0n) is 4.56. The number of quaternary nitrogens is 1. The molecule has 0 rings (SSSR count). The van der Waals surface area contributed by atoms with Gasteiger partial charge in [-0.2, -0.15) is 0 Å². The van der Waals surface area contributed by atoms with Gasteiger partial charge >= 0.3 is 0 Å². The molecule has 0 bridgehead atoms. The van der Waals surface area contributed by atoms with Gasteiger partial charge in [-0.3, -0.25) is 9.59 Å². The second-order valence-electron chi connectivity index (χ2n) is 1.35. The van der Waals surface area contributed by atoms with Crippen LogP contribution in [-0.4, -0.2) is 18.1 Å². The molecule has 0 aliphatic rings. The van der Waals surface area contributed by atoms with Crippen molar-refractivity contribution in [2.24, 2.45) is 0 Å². The number of hydrogen-bond acceptors (Lipinski definition) is 2. The lowest BCUT2D eigenvalue weighted by atomic mass is 10.2. The Morgan fingerprint density at radius 2 is 2.12 bits per heavy atom. The summed E-state index contributed by atoms with van der Waals surface area (Å²) < 4.78 is 0. The van der Waals surface area contributed by atoms with Crippen molar-refractivity contribution in [2.75, 3.05) is 0 Å². The molecule has 3 nitrogen and oxygen atoms in total. The van der Waals surface area contributed by atoms with Crippen molar-refractivity contribution in [3.05, 3.63) is 0 Å². The topological polar surface area (TPSA) is 61.8 Å². The molecule has 0 aromatic carbocycles. The summed E-state index contributed by atoms with van der Waals surface area (Å²) in [6.07, 6.45) is 0.530. The Bertz CT molecular complexity index is 94.0. The van der Waals surface area contributed by atoms with Gasteiger partial charge in [0, 0.05) is 6.92 Å². The van der Waals surface area contributed by atoms with E-state index in [2.05, 4.69) is 5.73 Å². The molecule has 0 aromatic rings. The number of aldehydes is 1. The number of carbonyl (C=O) groups excluding carboxylic acids is 2. The lowest BCUT2D eigenvalue weighted by Gasteiger charge is -1.86. The third-order valence-electron chi connectivity index (χ3n) is 0.686. The number of halogens is 1. The molecule has 0 heterocycles. The Kier molecular flexibility index (Phi) is 6.25. The molecule has 0 aromatic heterocycles. The van der Waals surface area contributed by atoms with Crippen LogP contribution >= 0.6 is 0 Å². The quantitative estimate of drug-likeness (QED) is 0.308. The maximum Gasteiger partial charge on any atom is 0.199 e. The summed E-state index contributed by atoms with van der Waals surface area (Å²) in [5, 5.41) is 0. The predicted octanol–water partition coefficient (Wildman–Crippen LogP) is -4.61. The fourth-order valence-corrected chi connectivity index (χ4v) is 0.0958. The molecule has 1 unspecified atom stereocenters. The monoisotopic (exact) mass is 137 g/mol. The first-order chi connectivity index (χ1) is 3.18. The number of rotatable bonds is 2. The van der Waals surface area contributed by atoms with E-state index >= 15 is 0 Å². The molecular weight excluding hydrogens is 130 g/mol. The van der Waals surface area contributed by atoms with Crippen LogP contribution in [0.2, 0.25) is 0 Å². The summed E-state index contributed by atoms with van der Waals surface area (Å²) in [7, 11) is 0. The van der Waals surface area contributed by atoms with Gasteiger partial charge in [-0.1, -0.05) is 0 Å². The maximum atomic E-state index is 10.1. The number of carbonyl (C=O) groups is 2. The minimum absolute atomic E-state index is 0. The van der Waals surface area contributed by atoms with Crippen LogP contribution in [0.4, 0.5) is 0 Å². The van der Waals surface area contributed by atoms with E-state index in [4.69, 9.17) is 0 Å². The highest BCUT2D eigenvalue weighted by Gasteiger charge is 2.07. The smallest absolute Gasteiger partial charge is 0.199 e. The van der Waals surface area contributed by atoms with E-state index in [-0.39, 0.29) is 18.2 Å². The molecule has 4 heteroatoms. The van der Waals surface area contributed by atoms with Crippen LogP contribution in [0.1, 0.15) is 6.92 Å². The van der Waals surface area contributed by atoms with Crippen LogP contribution in [0.25, 0.3) is 0 Å². The third-order valence-corrected chi connectivity index (χ3v) is 0.686. The molecule has 8 heavy (non-hydrogen) atoms. The molecule has 0 fully saturated rings. The van der Waals surface area contributed by atoms with E-state index < -0.39 is 6.04 Å². The Morgan fingerprint density at radius 3 is 2.12 bits per heavy atom. The molecule has 3 N–H and O–H groups in total. The minimum atomic E-state index is -0.667. The second-order valence-corrected chi connectivity index (χ2v) is 1.35. The van der Waals surface area contributed by atoms with Crippen molar-refractivity contribution >= 4 is 12.1 Å². The number of Topliss-reactive ketones (excluding diaryl/α,β-unsaturated/α-hetero) is 1. The van der Waals surface area contributed by atoms with E-state index in [0.29, 0.717) is 6.29 Å². The molecule has 0 aliphatic heterocycles. The zero-order valence-corrected chi connectivity index (χ0v) is 5.31. The lowest BCUT2D eigenvalue weighted by molar-refractivity contribution is -0.384. The normalized spacial score (nSPS) is 11.2. The van der Waals surface area contributed by atoms with E-state index in [9.17, 15) is 9.59 Å². The van der Waals surface area contributed by atoms with Gasteiger partial charge in [0.25, 0.3) is 0 Å². The molecule has 0 saturated heterocycles. The Hall–Kier alpha value is -0.410. The van der Waals surface area contributed by atoms with Crippen LogP contribution < -0.4 is 18.1 Å². The van der Waals surface area contributed by atoms with Crippen molar-refractivity contribution in [3.63, 3.8) is 0 Å². The Morgan fingerprint density at radius 1 is 1.75 bits per heavy atom. The van der Waals surface area contributed by atoms with Gasteiger partial charge in [0.15, 0.2) is 18.1 Å². The standard InChI is InChI=1S/C4H7NO2.ClH/c1-3(7)4(5)2-6;/h2,4H,5H2,1H3;1H. The van der Waals surface area contributed by atoms with Crippen molar-refractivity contribution in [1.29, 1.82) is 0 Å². The van der Waals surface area contributed by atoms with Gasteiger partial charge in [0.2, 0.25) is 0 Å².